The largest absolute Gasteiger partial charge is 0.497 e. The summed E-state index contributed by atoms with van der Waals surface area (Å²) in [5.41, 5.74) is 1.87. The van der Waals surface area contributed by atoms with Gasteiger partial charge in [-0.3, -0.25) is 4.79 Å². The highest BCUT2D eigenvalue weighted by atomic mass is 16.5. The number of hydrogen-bond donors (Lipinski definition) is 2. The second-order valence-corrected chi connectivity index (χ2v) is 8.75. The van der Waals surface area contributed by atoms with E-state index in [1.165, 1.54) is 0 Å². The summed E-state index contributed by atoms with van der Waals surface area (Å²) in [5.74, 6) is 0.918. The number of para-hydroxylation sites is 1. The van der Waals surface area contributed by atoms with E-state index in [2.05, 4.69) is 22.6 Å². The number of carbonyl (C=O) groups excluding carboxylic acids is 2. The molecule has 2 fully saturated rings. The van der Waals surface area contributed by atoms with Gasteiger partial charge in [-0.15, -0.1) is 0 Å². The summed E-state index contributed by atoms with van der Waals surface area (Å²) in [6.07, 6.45) is 1.38. The lowest BCUT2D eigenvalue weighted by atomic mass is 9.87. The average molecular weight is 437 g/mol. The van der Waals surface area contributed by atoms with Crippen LogP contribution in [0.4, 0.5) is 10.5 Å². The molecule has 1 aliphatic heterocycles. The number of methoxy groups -OCH3 is 1. The molecule has 3 atom stereocenters. The number of ether oxygens (including phenoxy) is 1. The van der Waals surface area contributed by atoms with Crippen LogP contribution in [-0.2, 0) is 4.79 Å². The standard InChI is InChI=1S/C25H32N4O3/c1-28-12-14-29(15-13-28)24(30)23-17-20(27-25(31)26-19-6-4-3-5-7-19)16-22(23)18-8-10-21(32-2)11-9-18/h3-11,20,22-23H,12-17H2,1-2H3,(H2,26,27,31)/t20-,22+,23-/m0/s1. The van der Waals surface area contributed by atoms with Crippen LogP contribution >= 0.6 is 0 Å². The van der Waals surface area contributed by atoms with E-state index in [0.29, 0.717) is 6.42 Å². The molecule has 0 aromatic heterocycles. The summed E-state index contributed by atoms with van der Waals surface area (Å²) in [6, 6.07) is 17.1. The Kier molecular flexibility index (Phi) is 6.95. The second kappa shape index (κ2) is 10.0. The number of hydrogen-bond acceptors (Lipinski definition) is 4. The van der Waals surface area contributed by atoms with E-state index >= 15 is 0 Å². The van der Waals surface area contributed by atoms with Gasteiger partial charge in [-0.2, -0.15) is 0 Å². The molecule has 7 nitrogen and oxygen atoms in total. The number of nitrogens with zero attached hydrogens (tertiary/aromatic N) is 2. The van der Waals surface area contributed by atoms with Crippen LogP contribution in [0.15, 0.2) is 54.6 Å². The number of amides is 3. The Morgan fingerprint density at radius 2 is 1.62 bits per heavy atom. The van der Waals surface area contributed by atoms with Crippen LogP contribution in [-0.4, -0.2) is 68.1 Å². The van der Waals surface area contributed by atoms with E-state index in [0.717, 1.165) is 49.6 Å². The molecule has 1 saturated carbocycles. The fraction of sp³-hybridized carbons (Fsp3) is 0.440. The van der Waals surface area contributed by atoms with E-state index < -0.39 is 0 Å². The van der Waals surface area contributed by atoms with Crippen LogP contribution in [0.1, 0.15) is 24.3 Å². The first-order valence-electron chi connectivity index (χ1n) is 11.3. The van der Waals surface area contributed by atoms with Gasteiger partial charge < -0.3 is 25.2 Å². The van der Waals surface area contributed by atoms with Crippen LogP contribution in [0.3, 0.4) is 0 Å². The maximum absolute atomic E-state index is 13.5. The summed E-state index contributed by atoms with van der Waals surface area (Å²) < 4.78 is 5.30. The van der Waals surface area contributed by atoms with Crippen LogP contribution in [0, 0.1) is 5.92 Å². The minimum absolute atomic E-state index is 0.0628. The molecule has 1 heterocycles. The lowest BCUT2D eigenvalue weighted by Gasteiger charge is -2.35. The zero-order valence-electron chi connectivity index (χ0n) is 18.8. The number of likely N-dealkylation sites (N-methyl/N-ethyl adjacent to an activating group) is 1. The monoisotopic (exact) mass is 436 g/mol. The van der Waals surface area contributed by atoms with Crippen LogP contribution < -0.4 is 15.4 Å². The molecular weight excluding hydrogens is 404 g/mol. The Hall–Kier alpha value is -3.06. The van der Waals surface area contributed by atoms with Gasteiger partial charge in [-0.1, -0.05) is 30.3 Å². The number of urea groups is 1. The zero-order valence-corrected chi connectivity index (χ0v) is 18.8. The number of benzene rings is 2. The van der Waals surface area contributed by atoms with Gasteiger partial charge >= 0.3 is 6.03 Å². The number of carbonyl (C=O) groups is 2. The lowest BCUT2D eigenvalue weighted by Crippen LogP contribution is -2.49. The molecule has 1 saturated heterocycles. The number of rotatable bonds is 5. The molecule has 32 heavy (non-hydrogen) atoms. The molecule has 7 heteroatoms. The maximum atomic E-state index is 13.5. The topological polar surface area (TPSA) is 73.9 Å². The molecule has 2 aromatic carbocycles. The molecule has 1 aliphatic carbocycles. The Morgan fingerprint density at radius 1 is 0.938 bits per heavy atom. The van der Waals surface area contributed by atoms with Gasteiger partial charge in [0.15, 0.2) is 0 Å². The van der Waals surface area contributed by atoms with Crippen molar-refractivity contribution in [2.24, 2.45) is 5.92 Å². The van der Waals surface area contributed by atoms with Gasteiger partial charge in [-0.05, 0) is 55.6 Å². The first-order valence-corrected chi connectivity index (χ1v) is 11.3. The van der Waals surface area contributed by atoms with Crippen molar-refractivity contribution in [2.45, 2.75) is 24.8 Å². The molecule has 170 valence electrons. The summed E-state index contributed by atoms with van der Waals surface area (Å²) in [5, 5.41) is 5.97. The summed E-state index contributed by atoms with van der Waals surface area (Å²) in [7, 11) is 3.73. The quantitative estimate of drug-likeness (QED) is 0.755. The van der Waals surface area contributed by atoms with Gasteiger partial charge in [0.25, 0.3) is 0 Å². The first kappa shape index (κ1) is 22.1. The van der Waals surface area contributed by atoms with Gasteiger partial charge in [0.2, 0.25) is 5.91 Å². The van der Waals surface area contributed by atoms with Crippen molar-refractivity contribution in [3.63, 3.8) is 0 Å². The minimum Gasteiger partial charge on any atom is -0.497 e. The number of piperazine rings is 1. The average Bonchev–Trinajstić information content (AvgIpc) is 3.23. The Bertz CT molecular complexity index is 911. The molecule has 2 aliphatic rings. The molecule has 0 bridgehead atoms. The van der Waals surface area contributed by atoms with Crippen molar-refractivity contribution in [3.8, 4) is 5.75 Å². The fourth-order valence-electron chi connectivity index (χ4n) is 4.78. The normalized spacial score (nSPS) is 23.6. The molecule has 0 radical (unpaired) electrons. The highest BCUT2D eigenvalue weighted by Crippen LogP contribution is 2.41. The van der Waals surface area contributed by atoms with Gasteiger partial charge in [-0.25, -0.2) is 4.79 Å². The van der Waals surface area contributed by atoms with E-state index in [4.69, 9.17) is 4.74 Å². The van der Waals surface area contributed by atoms with Crippen LogP contribution in [0.25, 0.3) is 0 Å². The van der Waals surface area contributed by atoms with E-state index in [-0.39, 0.29) is 29.8 Å². The highest BCUT2D eigenvalue weighted by Gasteiger charge is 2.42. The van der Waals surface area contributed by atoms with Crippen molar-refractivity contribution in [2.75, 3.05) is 45.7 Å². The van der Waals surface area contributed by atoms with Gasteiger partial charge in [0, 0.05) is 43.8 Å². The third kappa shape index (κ3) is 5.22. The summed E-state index contributed by atoms with van der Waals surface area (Å²) >= 11 is 0. The molecule has 2 aromatic rings. The third-order valence-corrected chi connectivity index (χ3v) is 6.61. The summed E-state index contributed by atoms with van der Waals surface area (Å²) in [6.45, 7) is 3.31. The minimum atomic E-state index is -0.234. The Labute approximate surface area is 189 Å². The Balaban J connectivity index is 1.47. The van der Waals surface area contributed by atoms with Gasteiger partial charge in [0.1, 0.15) is 5.75 Å². The predicted octanol–water partition coefficient (Wildman–Crippen LogP) is 3.15. The number of anilines is 1. The first-order chi connectivity index (χ1) is 15.5. The van der Waals surface area contributed by atoms with Crippen molar-refractivity contribution in [3.05, 3.63) is 60.2 Å². The molecule has 2 N–H and O–H groups in total. The van der Waals surface area contributed by atoms with Crippen molar-refractivity contribution in [1.29, 1.82) is 0 Å². The molecule has 3 amide bonds. The smallest absolute Gasteiger partial charge is 0.319 e. The highest BCUT2D eigenvalue weighted by molar-refractivity contribution is 5.89. The van der Waals surface area contributed by atoms with Crippen molar-refractivity contribution >= 4 is 17.6 Å². The van der Waals surface area contributed by atoms with Crippen LogP contribution in [0.5, 0.6) is 5.75 Å². The zero-order chi connectivity index (χ0) is 22.5. The van der Waals surface area contributed by atoms with Crippen molar-refractivity contribution in [1.82, 2.24) is 15.1 Å². The van der Waals surface area contributed by atoms with Crippen LogP contribution in [0.2, 0.25) is 0 Å². The van der Waals surface area contributed by atoms with E-state index in [1.807, 2.05) is 59.5 Å². The third-order valence-electron chi connectivity index (χ3n) is 6.61. The molecule has 0 spiro atoms. The molecule has 4 rings (SSSR count). The SMILES string of the molecule is COc1ccc([C@H]2C[C@H](NC(=O)Nc3ccccc3)C[C@@H]2C(=O)N2CCN(C)CC2)cc1. The molecular formula is C25H32N4O3. The van der Waals surface area contributed by atoms with Gasteiger partial charge in [0.05, 0.1) is 7.11 Å². The maximum Gasteiger partial charge on any atom is 0.319 e. The van der Waals surface area contributed by atoms with E-state index in [1.54, 1.807) is 7.11 Å². The number of nitrogens with one attached hydrogen (secondary N) is 2. The molecule has 0 unspecified atom stereocenters. The van der Waals surface area contributed by atoms with Crippen molar-refractivity contribution < 1.29 is 14.3 Å². The Morgan fingerprint density at radius 3 is 2.28 bits per heavy atom. The second-order valence-electron chi connectivity index (χ2n) is 8.75. The summed E-state index contributed by atoms with van der Waals surface area (Å²) in [4.78, 5) is 30.3. The fourth-order valence-corrected chi connectivity index (χ4v) is 4.78. The lowest BCUT2D eigenvalue weighted by molar-refractivity contribution is -0.137. The predicted molar refractivity (Wildman–Crippen MR) is 125 cm³/mol. The van der Waals surface area contributed by atoms with E-state index in [9.17, 15) is 9.59 Å².